The minimum absolute atomic E-state index is 0.0255. The van der Waals surface area contributed by atoms with E-state index in [1.807, 2.05) is 35.0 Å². The summed E-state index contributed by atoms with van der Waals surface area (Å²) in [6, 6.07) is 14.3. The van der Waals surface area contributed by atoms with E-state index in [0.29, 0.717) is 12.3 Å². The summed E-state index contributed by atoms with van der Waals surface area (Å²) < 4.78 is 0. The Kier molecular flexibility index (Phi) is 6.00. The summed E-state index contributed by atoms with van der Waals surface area (Å²) in [6.07, 6.45) is 1.25. The van der Waals surface area contributed by atoms with Crippen LogP contribution in [0.3, 0.4) is 0 Å². The smallest absolute Gasteiger partial charge is 0.226 e. The molecule has 3 aromatic rings. The van der Waals surface area contributed by atoms with E-state index in [1.165, 1.54) is 0 Å². The number of thiazole rings is 1. The van der Waals surface area contributed by atoms with Crippen LogP contribution in [0.2, 0.25) is 0 Å². The average molecular weight is 371 g/mol. The largest absolute Gasteiger partial charge is 0.349 e. The monoisotopic (exact) mass is 370 g/mol. The molecule has 3 rings (SSSR count). The Morgan fingerprint density at radius 2 is 1.92 bits per heavy atom. The van der Waals surface area contributed by atoms with Gasteiger partial charge in [0.15, 0.2) is 0 Å². The average Bonchev–Trinajstić information content (AvgIpc) is 3.26. The van der Waals surface area contributed by atoms with Crippen LogP contribution in [0.5, 0.6) is 0 Å². The van der Waals surface area contributed by atoms with Crippen LogP contribution in [0.25, 0.3) is 9.88 Å². The molecule has 5 heteroatoms. The zero-order valence-electron chi connectivity index (χ0n) is 14.4. The molecule has 0 aliphatic heterocycles. The topological polar surface area (TPSA) is 42.0 Å². The number of nitrogens with zero attached hydrogens (tertiary/aromatic N) is 1. The number of carbonyl (C=O) groups is 1. The third kappa shape index (κ3) is 5.00. The second-order valence-electron chi connectivity index (χ2n) is 6.46. The van der Waals surface area contributed by atoms with Crippen molar-refractivity contribution in [2.24, 2.45) is 5.92 Å². The summed E-state index contributed by atoms with van der Waals surface area (Å²) in [7, 11) is 0. The number of thiophene rings is 1. The third-order valence-corrected chi connectivity index (χ3v) is 5.80. The molecule has 2 heterocycles. The highest BCUT2D eigenvalue weighted by atomic mass is 32.1. The minimum Gasteiger partial charge on any atom is -0.349 e. The summed E-state index contributed by atoms with van der Waals surface area (Å²) >= 11 is 3.26. The maximum Gasteiger partial charge on any atom is 0.226 e. The molecule has 0 bridgehead atoms. The van der Waals surface area contributed by atoms with Crippen molar-refractivity contribution in [2.45, 2.75) is 32.7 Å². The number of hydrogen-bond donors (Lipinski definition) is 1. The molecule has 1 atom stereocenters. The molecule has 1 amide bonds. The quantitative estimate of drug-likeness (QED) is 0.612. The van der Waals surface area contributed by atoms with Crippen LogP contribution in [0.1, 0.15) is 37.6 Å². The second kappa shape index (κ2) is 8.41. The highest BCUT2D eigenvalue weighted by molar-refractivity contribution is 7.20. The number of carbonyl (C=O) groups excluding carboxylic acids is 1. The number of amides is 1. The zero-order chi connectivity index (χ0) is 17.6. The number of hydrogen-bond acceptors (Lipinski definition) is 4. The van der Waals surface area contributed by atoms with Gasteiger partial charge < -0.3 is 5.32 Å². The van der Waals surface area contributed by atoms with Gasteiger partial charge in [-0.3, -0.25) is 4.79 Å². The SMILES string of the molecule is CC(C)C[C@H](NC(=O)Cc1csc(-c2cccs2)n1)c1ccccc1. The van der Waals surface area contributed by atoms with Crippen molar-refractivity contribution in [3.05, 3.63) is 64.5 Å². The first-order valence-corrected chi connectivity index (χ1v) is 10.2. The van der Waals surface area contributed by atoms with E-state index in [2.05, 4.69) is 42.3 Å². The van der Waals surface area contributed by atoms with Crippen LogP contribution in [-0.4, -0.2) is 10.9 Å². The molecular weight excluding hydrogens is 348 g/mol. The standard InChI is InChI=1S/C20H22N2OS2/c1-14(2)11-17(15-7-4-3-5-8-15)22-19(23)12-16-13-25-20(21-16)18-9-6-10-24-18/h3-10,13-14,17H,11-12H2,1-2H3,(H,22,23)/t17-/m0/s1. The first-order chi connectivity index (χ1) is 12.1. The molecule has 0 spiro atoms. The molecule has 1 aromatic carbocycles. The van der Waals surface area contributed by atoms with E-state index in [4.69, 9.17) is 0 Å². The Labute approximate surface area is 156 Å². The Morgan fingerprint density at radius 3 is 2.60 bits per heavy atom. The van der Waals surface area contributed by atoms with E-state index in [1.54, 1.807) is 22.7 Å². The molecule has 0 unspecified atom stereocenters. The number of benzene rings is 1. The lowest BCUT2D eigenvalue weighted by atomic mass is 9.97. The molecular formula is C20H22N2OS2. The van der Waals surface area contributed by atoms with E-state index in [9.17, 15) is 4.79 Å². The van der Waals surface area contributed by atoms with Gasteiger partial charge in [0.1, 0.15) is 5.01 Å². The second-order valence-corrected chi connectivity index (χ2v) is 8.26. The highest BCUT2D eigenvalue weighted by Crippen LogP contribution is 2.28. The van der Waals surface area contributed by atoms with Gasteiger partial charge in [0.2, 0.25) is 5.91 Å². The van der Waals surface area contributed by atoms with E-state index in [0.717, 1.165) is 27.6 Å². The van der Waals surface area contributed by atoms with Crippen LogP contribution in [0.4, 0.5) is 0 Å². The van der Waals surface area contributed by atoms with Crippen molar-refractivity contribution in [3.8, 4) is 9.88 Å². The number of rotatable bonds is 7. The predicted octanol–water partition coefficient (Wildman–Crippen LogP) is 5.32. The van der Waals surface area contributed by atoms with Gasteiger partial charge in [-0.25, -0.2) is 4.98 Å². The van der Waals surface area contributed by atoms with Crippen molar-refractivity contribution < 1.29 is 4.79 Å². The van der Waals surface area contributed by atoms with Gasteiger partial charge in [-0.15, -0.1) is 22.7 Å². The molecule has 0 aliphatic carbocycles. The summed E-state index contributed by atoms with van der Waals surface area (Å²) in [5, 5.41) is 8.19. The lowest BCUT2D eigenvalue weighted by Gasteiger charge is -2.21. The maximum atomic E-state index is 12.5. The molecule has 0 radical (unpaired) electrons. The van der Waals surface area contributed by atoms with E-state index < -0.39 is 0 Å². The van der Waals surface area contributed by atoms with Gasteiger partial charge in [0, 0.05) is 5.38 Å². The maximum absolute atomic E-state index is 12.5. The first kappa shape index (κ1) is 17.8. The van der Waals surface area contributed by atoms with Crippen LogP contribution in [0.15, 0.2) is 53.2 Å². The van der Waals surface area contributed by atoms with Crippen molar-refractivity contribution in [2.75, 3.05) is 0 Å². The van der Waals surface area contributed by atoms with Crippen molar-refractivity contribution in [1.29, 1.82) is 0 Å². The van der Waals surface area contributed by atoms with Gasteiger partial charge in [-0.1, -0.05) is 50.2 Å². The number of aromatic nitrogens is 1. The fourth-order valence-electron chi connectivity index (χ4n) is 2.75. The van der Waals surface area contributed by atoms with Gasteiger partial charge in [-0.05, 0) is 29.3 Å². The molecule has 2 aromatic heterocycles. The number of nitrogens with one attached hydrogen (secondary N) is 1. The van der Waals surface area contributed by atoms with Crippen LogP contribution < -0.4 is 5.32 Å². The van der Waals surface area contributed by atoms with Gasteiger partial charge in [0.25, 0.3) is 0 Å². The fourth-order valence-corrected chi connectivity index (χ4v) is 4.38. The molecule has 0 saturated heterocycles. The Balaban J connectivity index is 1.65. The van der Waals surface area contributed by atoms with E-state index >= 15 is 0 Å². The lowest BCUT2D eigenvalue weighted by Crippen LogP contribution is -2.30. The molecule has 0 aliphatic rings. The molecule has 1 N–H and O–H groups in total. The molecule has 0 fully saturated rings. The van der Waals surface area contributed by atoms with Gasteiger partial charge in [0.05, 0.1) is 23.0 Å². The van der Waals surface area contributed by atoms with Gasteiger partial charge in [-0.2, -0.15) is 0 Å². The third-order valence-electron chi connectivity index (χ3n) is 3.87. The Bertz CT molecular complexity index is 794. The van der Waals surface area contributed by atoms with Gasteiger partial charge >= 0.3 is 0 Å². The summed E-state index contributed by atoms with van der Waals surface area (Å²) in [6.45, 7) is 4.35. The van der Waals surface area contributed by atoms with Crippen molar-refractivity contribution in [3.63, 3.8) is 0 Å². The normalized spacial score (nSPS) is 12.3. The molecule has 130 valence electrons. The molecule has 3 nitrogen and oxygen atoms in total. The Morgan fingerprint density at radius 1 is 1.12 bits per heavy atom. The summed E-state index contributed by atoms with van der Waals surface area (Å²) in [5.41, 5.74) is 1.99. The Hall–Kier alpha value is -1.98. The fraction of sp³-hybridized carbons (Fsp3) is 0.300. The molecule has 0 saturated carbocycles. The molecule has 25 heavy (non-hydrogen) atoms. The van der Waals surface area contributed by atoms with Crippen molar-refractivity contribution >= 4 is 28.6 Å². The first-order valence-electron chi connectivity index (χ1n) is 8.44. The zero-order valence-corrected chi connectivity index (χ0v) is 16.1. The lowest BCUT2D eigenvalue weighted by molar-refractivity contribution is -0.121. The van der Waals surface area contributed by atoms with E-state index in [-0.39, 0.29) is 11.9 Å². The van der Waals surface area contributed by atoms with Crippen LogP contribution >= 0.6 is 22.7 Å². The van der Waals surface area contributed by atoms with Crippen LogP contribution in [-0.2, 0) is 11.2 Å². The highest BCUT2D eigenvalue weighted by Gasteiger charge is 2.17. The predicted molar refractivity (Wildman–Crippen MR) is 106 cm³/mol. The summed E-state index contributed by atoms with van der Waals surface area (Å²) in [4.78, 5) is 18.3. The summed E-state index contributed by atoms with van der Waals surface area (Å²) in [5.74, 6) is 0.535. The van der Waals surface area contributed by atoms with Crippen LogP contribution in [0, 0.1) is 5.92 Å². The minimum atomic E-state index is 0.0255. The van der Waals surface area contributed by atoms with Crippen molar-refractivity contribution in [1.82, 2.24) is 10.3 Å².